The summed E-state index contributed by atoms with van der Waals surface area (Å²) in [4.78, 5) is 26.9. The molecule has 1 heterocycles. The van der Waals surface area contributed by atoms with Crippen LogP contribution in [0.1, 0.15) is 13.3 Å². The molecular formula is C12H23N3O3. The lowest BCUT2D eigenvalue weighted by atomic mass is 10.2. The van der Waals surface area contributed by atoms with Crippen LogP contribution in [0.25, 0.3) is 0 Å². The van der Waals surface area contributed by atoms with Crippen LogP contribution in [0, 0.1) is 0 Å². The quantitative estimate of drug-likeness (QED) is 0.660. The molecule has 0 saturated carbocycles. The highest BCUT2D eigenvalue weighted by atomic mass is 16.5. The van der Waals surface area contributed by atoms with E-state index in [0.717, 1.165) is 13.1 Å². The zero-order valence-corrected chi connectivity index (χ0v) is 11.4. The van der Waals surface area contributed by atoms with Crippen molar-refractivity contribution >= 4 is 11.9 Å². The SMILES string of the molecule is CCOC(=O)C1CNCCN1CCC(=O)N(C)C. The van der Waals surface area contributed by atoms with Gasteiger partial charge in [-0.05, 0) is 6.92 Å². The Morgan fingerprint density at radius 3 is 2.78 bits per heavy atom. The predicted molar refractivity (Wildman–Crippen MR) is 68.2 cm³/mol. The summed E-state index contributed by atoms with van der Waals surface area (Å²) < 4.78 is 5.05. The molecule has 1 atom stereocenters. The van der Waals surface area contributed by atoms with E-state index >= 15 is 0 Å². The van der Waals surface area contributed by atoms with Crippen molar-refractivity contribution in [1.82, 2.24) is 15.1 Å². The second-order valence-corrected chi connectivity index (χ2v) is 4.55. The summed E-state index contributed by atoms with van der Waals surface area (Å²) in [6, 6.07) is -0.270. The van der Waals surface area contributed by atoms with Crippen LogP contribution >= 0.6 is 0 Å². The minimum absolute atomic E-state index is 0.0798. The molecule has 1 amide bonds. The molecule has 0 spiro atoms. The van der Waals surface area contributed by atoms with Gasteiger partial charge in [0.05, 0.1) is 6.61 Å². The van der Waals surface area contributed by atoms with E-state index in [-0.39, 0.29) is 17.9 Å². The van der Waals surface area contributed by atoms with Gasteiger partial charge in [0.15, 0.2) is 0 Å². The van der Waals surface area contributed by atoms with Gasteiger partial charge in [0.25, 0.3) is 0 Å². The molecule has 1 aliphatic rings. The number of carbonyl (C=O) groups is 2. The van der Waals surface area contributed by atoms with Gasteiger partial charge in [-0.25, -0.2) is 0 Å². The topological polar surface area (TPSA) is 61.9 Å². The summed E-state index contributed by atoms with van der Waals surface area (Å²) in [6.45, 7) is 4.99. The molecule has 0 aromatic rings. The third-order valence-corrected chi connectivity index (χ3v) is 3.02. The van der Waals surface area contributed by atoms with Gasteiger partial charge < -0.3 is 15.0 Å². The molecule has 1 aliphatic heterocycles. The molecule has 1 N–H and O–H groups in total. The zero-order valence-electron chi connectivity index (χ0n) is 11.4. The first-order valence-electron chi connectivity index (χ1n) is 6.37. The fourth-order valence-corrected chi connectivity index (χ4v) is 1.95. The van der Waals surface area contributed by atoms with Gasteiger partial charge in [0, 0.05) is 46.7 Å². The molecule has 0 aromatic carbocycles. The van der Waals surface area contributed by atoms with E-state index in [1.807, 2.05) is 4.90 Å². The lowest BCUT2D eigenvalue weighted by Gasteiger charge is -2.34. The average Bonchev–Trinajstić information content (AvgIpc) is 2.36. The summed E-state index contributed by atoms with van der Waals surface area (Å²) >= 11 is 0. The number of nitrogens with one attached hydrogen (secondary N) is 1. The van der Waals surface area contributed by atoms with Crippen molar-refractivity contribution in [3.8, 4) is 0 Å². The fourth-order valence-electron chi connectivity index (χ4n) is 1.95. The van der Waals surface area contributed by atoms with E-state index in [1.165, 1.54) is 0 Å². The van der Waals surface area contributed by atoms with E-state index < -0.39 is 0 Å². The molecule has 1 unspecified atom stereocenters. The van der Waals surface area contributed by atoms with Crippen LogP contribution in [0.3, 0.4) is 0 Å². The number of nitrogens with zero attached hydrogens (tertiary/aromatic N) is 2. The maximum atomic E-state index is 11.8. The highest BCUT2D eigenvalue weighted by Gasteiger charge is 2.29. The van der Waals surface area contributed by atoms with Crippen LogP contribution in [-0.2, 0) is 14.3 Å². The van der Waals surface area contributed by atoms with E-state index in [2.05, 4.69) is 5.32 Å². The van der Waals surface area contributed by atoms with Gasteiger partial charge in [-0.2, -0.15) is 0 Å². The molecule has 1 fully saturated rings. The number of esters is 1. The monoisotopic (exact) mass is 257 g/mol. The largest absolute Gasteiger partial charge is 0.465 e. The molecule has 0 bridgehead atoms. The Morgan fingerprint density at radius 2 is 2.17 bits per heavy atom. The molecule has 6 heteroatoms. The van der Waals surface area contributed by atoms with Crippen molar-refractivity contribution in [1.29, 1.82) is 0 Å². The van der Waals surface area contributed by atoms with E-state index in [9.17, 15) is 9.59 Å². The Morgan fingerprint density at radius 1 is 1.44 bits per heavy atom. The molecule has 104 valence electrons. The van der Waals surface area contributed by atoms with Gasteiger partial charge in [0.1, 0.15) is 6.04 Å². The molecule has 0 aromatic heterocycles. The third kappa shape index (κ3) is 4.27. The van der Waals surface area contributed by atoms with Crippen molar-refractivity contribution in [2.24, 2.45) is 0 Å². The summed E-state index contributed by atoms with van der Waals surface area (Å²) in [5.74, 6) is -0.127. The van der Waals surface area contributed by atoms with Crippen molar-refractivity contribution in [3.05, 3.63) is 0 Å². The highest BCUT2D eigenvalue weighted by Crippen LogP contribution is 2.07. The van der Waals surface area contributed by atoms with E-state index in [1.54, 1.807) is 25.9 Å². The van der Waals surface area contributed by atoms with Gasteiger partial charge in [-0.3, -0.25) is 14.5 Å². The Kier molecular flexibility index (Phi) is 6.07. The van der Waals surface area contributed by atoms with Crippen LogP contribution < -0.4 is 5.32 Å². The molecule has 6 nitrogen and oxygen atoms in total. The maximum absolute atomic E-state index is 11.8. The van der Waals surface area contributed by atoms with Crippen molar-refractivity contribution in [2.75, 3.05) is 46.9 Å². The number of carbonyl (C=O) groups excluding carboxylic acids is 2. The summed E-state index contributed by atoms with van der Waals surface area (Å²) in [5.41, 5.74) is 0. The lowest BCUT2D eigenvalue weighted by molar-refractivity contribution is -0.150. The van der Waals surface area contributed by atoms with E-state index in [0.29, 0.717) is 26.1 Å². The number of ether oxygens (including phenoxy) is 1. The number of hydrogen-bond donors (Lipinski definition) is 1. The predicted octanol–water partition coefficient (Wildman–Crippen LogP) is -0.698. The molecule has 0 radical (unpaired) electrons. The molecule has 18 heavy (non-hydrogen) atoms. The molecule has 1 saturated heterocycles. The average molecular weight is 257 g/mol. The van der Waals surface area contributed by atoms with Crippen LogP contribution in [0.5, 0.6) is 0 Å². The number of hydrogen-bond acceptors (Lipinski definition) is 5. The number of piperazine rings is 1. The van der Waals surface area contributed by atoms with Crippen LogP contribution in [0.15, 0.2) is 0 Å². The van der Waals surface area contributed by atoms with Crippen molar-refractivity contribution in [3.63, 3.8) is 0 Å². The second kappa shape index (κ2) is 7.33. The molecule has 1 rings (SSSR count). The first kappa shape index (κ1) is 14.9. The van der Waals surface area contributed by atoms with Gasteiger partial charge in [-0.1, -0.05) is 0 Å². The Labute approximate surface area is 108 Å². The van der Waals surface area contributed by atoms with Gasteiger partial charge >= 0.3 is 5.97 Å². The Bertz CT molecular complexity index is 294. The van der Waals surface area contributed by atoms with Crippen LogP contribution in [0.4, 0.5) is 0 Å². The van der Waals surface area contributed by atoms with Crippen molar-refractivity contribution in [2.45, 2.75) is 19.4 Å². The molecular weight excluding hydrogens is 234 g/mol. The van der Waals surface area contributed by atoms with Gasteiger partial charge in [-0.15, -0.1) is 0 Å². The normalized spacial score (nSPS) is 20.5. The lowest BCUT2D eigenvalue weighted by Crippen LogP contribution is -2.55. The third-order valence-electron chi connectivity index (χ3n) is 3.02. The number of rotatable bonds is 5. The van der Waals surface area contributed by atoms with E-state index in [4.69, 9.17) is 4.74 Å². The number of amides is 1. The smallest absolute Gasteiger partial charge is 0.324 e. The van der Waals surface area contributed by atoms with Crippen LogP contribution in [0.2, 0.25) is 0 Å². The standard InChI is InChI=1S/C12H23N3O3/c1-4-18-12(17)10-9-13-6-8-15(10)7-5-11(16)14(2)3/h10,13H,4-9H2,1-3H3. The highest BCUT2D eigenvalue weighted by molar-refractivity contribution is 5.77. The summed E-state index contributed by atoms with van der Waals surface area (Å²) in [7, 11) is 3.48. The summed E-state index contributed by atoms with van der Waals surface area (Å²) in [5, 5.41) is 3.18. The van der Waals surface area contributed by atoms with Gasteiger partial charge in [0.2, 0.25) is 5.91 Å². The minimum atomic E-state index is -0.270. The Hall–Kier alpha value is -1.14. The second-order valence-electron chi connectivity index (χ2n) is 4.55. The zero-order chi connectivity index (χ0) is 13.5. The fraction of sp³-hybridized carbons (Fsp3) is 0.833. The Balaban J connectivity index is 2.49. The summed E-state index contributed by atoms with van der Waals surface area (Å²) in [6.07, 6.45) is 0.433. The van der Waals surface area contributed by atoms with Crippen molar-refractivity contribution < 1.29 is 14.3 Å². The maximum Gasteiger partial charge on any atom is 0.324 e. The molecule has 0 aliphatic carbocycles. The first-order chi connectivity index (χ1) is 8.56. The van der Waals surface area contributed by atoms with Crippen LogP contribution in [-0.4, -0.2) is 74.6 Å². The minimum Gasteiger partial charge on any atom is -0.465 e. The first-order valence-corrected chi connectivity index (χ1v) is 6.37.